The standard InChI is InChI=1S/C10H11BrFN3O/c11-7-1-5(12)2-8(10(7)14)15-4-6(13)3-9(15)16/h1-2,6H,3-4,13-14H2. The van der Waals surface area contributed by atoms with E-state index in [1.54, 1.807) is 0 Å². The molecule has 16 heavy (non-hydrogen) atoms. The molecule has 1 aliphatic heterocycles. The van der Waals surface area contributed by atoms with Crippen LogP contribution in [0.1, 0.15) is 6.42 Å². The molecule has 1 unspecified atom stereocenters. The number of carbonyl (C=O) groups excluding carboxylic acids is 1. The summed E-state index contributed by atoms with van der Waals surface area (Å²) in [7, 11) is 0. The van der Waals surface area contributed by atoms with Crippen LogP contribution in [-0.4, -0.2) is 18.5 Å². The molecule has 1 aliphatic rings. The maximum atomic E-state index is 13.2. The highest BCUT2D eigenvalue weighted by Crippen LogP contribution is 2.33. The van der Waals surface area contributed by atoms with Crippen molar-refractivity contribution < 1.29 is 9.18 Å². The molecule has 0 saturated carbocycles. The Morgan fingerprint density at radius 2 is 2.19 bits per heavy atom. The molecule has 86 valence electrons. The van der Waals surface area contributed by atoms with Gasteiger partial charge in [-0.2, -0.15) is 0 Å². The molecule has 1 aromatic carbocycles. The molecule has 4 nitrogen and oxygen atoms in total. The van der Waals surface area contributed by atoms with E-state index in [2.05, 4.69) is 15.9 Å². The number of benzene rings is 1. The second-order valence-corrected chi connectivity index (χ2v) is 4.64. The van der Waals surface area contributed by atoms with Gasteiger partial charge in [-0.1, -0.05) is 0 Å². The topological polar surface area (TPSA) is 72.3 Å². The fourth-order valence-corrected chi connectivity index (χ4v) is 2.18. The Morgan fingerprint density at radius 1 is 1.50 bits per heavy atom. The normalized spacial score (nSPS) is 20.6. The van der Waals surface area contributed by atoms with Crippen LogP contribution in [0.4, 0.5) is 15.8 Å². The van der Waals surface area contributed by atoms with Gasteiger partial charge in [-0.3, -0.25) is 4.79 Å². The Morgan fingerprint density at radius 3 is 2.75 bits per heavy atom. The molecule has 1 fully saturated rings. The highest BCUT2D eigenvalue weighted by Gasteiger charge is 2.29. The molecule has 2 rings (SSSR count). The van der Waals surface area contributed by atoms with E-state index in [1.807, 2.05) is 0 Å². The number of amides is 1. The van der Waals surface area contributed by atoms with Crippen LogP contribution in [-0.2, 0) is 4.79 Å². The van der Waals surface area contributed by atoms with Crippen LogP contribution in [0, 0.1) is 5.82 Å². The first-order valence-electron chi connectivity index (χ1n) is 4.79. The van der Waals surface area contributed by atoms with Crippen molar-refractivity contribution in [1.29, 1.82) is 0 Å². The molecule has 0 bridgehead atoms. The van der Waals surface area contributed by atoms with Gasteiger partial charge in [-0.15, -0.1) is 0 Å². The van der Waals surface area contributed by atoms with Crippen LogP contribution in [0.25, 0.3) is 0 Å². The predicted molar refractivity (Wildman–Crippen MR) is 63.5 cm³/mol. The molecular formula is C10H11BrFN3O. The zero-order valence-electron chi connectivity index (χ0n) is 8.41. The van der Waals surface area contributed by atoms with Crippen molar-refractivity contribution in [3.05, 3.63) is 22.4 Å². The van der Waals surface area contributed by atoms with Gasteiger partial charge in [0, 0.05) is 23.5 Å². The second kappa shape index (κ2) is 4.03. The Balaban J connectivity index is 2.44. The Labute approximate surface area is 101 Å². The van der Waals surface area contributed by atoms with Crippen molar-refractivity contribution in [1.82, 2.24) is 0 Å². The third-order valence-electron chi connectivity index (χ3n) is 2.52. The van der Waals surface area contributed by atoms with Crippen LogP contribution >= 0.6 is 15.9 Å². The smallest absolute Gasteiger partial charge is 0.228 e. The minimum Gasteiger partial charge on any atom is -0.396 e. The largest absolute Gasteiger partial charge is 0.396 e. The average molecular weight is 288 g/mol. The van der Waals surface area contributed by atoms with Gasteiger partial charge in [-0.25, -0.2) is 4.39 Å². The van der Waals surface area contributed by atoms with E-state index in [9.17, 15) is 9.18 Å². The fraction of sp³-hybridized carbons (Fsp3) is 0.300. The highest BCUT2D eigenvalue weighted by molar-refractivity contribution is 9.10. The van der Waals surface area contributed by atoms with Crippen LogP contribution < -0.4 is 16.4 Å². The summed E-state index contributed by atoms with van der Waals surface area (Å²) in [5, 5.41) is 0. The molecule has 0 spiro atoms. The molecule has 1 aromatic rings. The maximum Gasteiger partial charge on any atom is 0.228 e. The van der Waals surface area contributed by atoms with Crippen LogP contribution in [0.5, 0.6) is 0 Å². The van der Waals surface area contributed by atoms with Gasteiger partial charge in [0.05, 0.1) is 11.4 Å². The predicted octanol–water partition coefficient (Wildman–Crippen LogP) is 1.23. The summed E-state index contributed by atoms with van der Waals surface area (Å²) in [5.74, 6) is -0.568. The van der Waals surface area contributed by atoms with Gasteiger partial charge in [0.15, 0.2) is 0 Å². The highest BCUT2D eigenvalue weighted by atomic mass is 79.9. The van der Waals surface area contributed by atoms with E-state index < -0.39 is 5.82 Å². The lowest BCUT2D eigenvalue weighted by Gasteiger charge is -2.19. The number of nitrogens with two attached hydrogens (primary N) is 2. The second-order valence-electron chi connectivity index (χ2n) is 3.79. The number of nitrogens with zero attached hydrogens (tertiary/aromatic N) is 1. The molecule has 1 amide bonds. The van der Waals surface area contributed by atoms with Crippen molar-refractivity contribution in [3.8, 4) is 0 Å². The summed E-state index contributed by atoms with van der Waals surface area (Å²) in [5.41, 5.74) is 12.2. The van der Waals surface area contributed by atoms with Crippen LogP contribution in [0.15, 0.2) is 16.6 Å². The van der Waals surface area contributed by atoms with Crippen molar-refractivity contribution in [2.75, 3.05) is 17.2 Å². The van der Waals surface area contributed by atoms with E-state index in [0.717, 1.165) is 0 Å². The quantitative estimate of drug-likeness (QED) is 0.763. The summed E-state index contributed by atoms with van der Waals surface area (Å²) in [6.07, 6.45) is 0.271. The van der Waals surface area contributed by atoms with Gasteiger partial charge in [0.25, 0.3) is 0 Å². The van der Waals surface area contributed by atoms with Crippen LogP contribution in [0.2, 0.25) is 0 Å². The zero-order chi connectivity index (χ0) is 11.9. The van der Waals surface area contributed by atoms with Gasteiger partial charge in [0.2, 0.25) is 5.91 Å². The summed E-state index contributed by atoms with van der Waals surface area (Å²) in [4.78, 5) is 13.0. The lowest BCUT2D eigenvalue weighted by Crippen LogP contribution is -2.28. The Kier molecular flexibility index (Phi) is 2.86. The SMILES string of the molecule is Nc1c(Br)cc(F)cc1N1CC(N)CC1=O. The molecule has 4 N–H and O–H groups in total. The molecule has 6 heteroatoms. The number of anilines is 2. The van der Waals surface area contributed by atoms with Gasteiger partial charge in [0.1, 0.15) is 5.82 Å². The van der Waals surface area contributed by atoms with Crippen LogP contribution in [0.3, 0.4) is 0 Å². The number of hydrogen-bond acceptors (Lipinski definition) is 3. The van der Waals surface area contributed by atoms with E-state index in [1.165, 1.54) is 17.0 Å². The van der Waals surface area contributed by atoms with Crippen molar-refractivity contribution in [2.24, 2.45) is 5.73 Å². The number of carbonyl (C=O) groups is 1. The lowest BCUT2D eigenvalue weighted by molar-refractivity contribution is -0.117. The first-order chi connectivity index (χ1) is 7.49. The summed E-state index contributed by atoms with van der Waals surface area (Å²) < 4.78 is 13.7. The van der Waals surface area contributed by atoms with E-state index in [-0.39, 0.29) is 18.4 Å². The number of nitrogen functional groups attached to an aromatic ring is 1. The van der Waals surface area contributed by atoms with Gasteiger partial charge >= 0.3 is 0 Å². The number of halogens is 2. The monoisotopic (exact) mass is 287 g/mol. The maximum absolute atomic E-state index is 13.2. The minimum atomic E-state index is -0.440. The first kappa shape index (κ1) is 11.3. The summed E-state index contributed by atoms with van der Waals surface area (Å²) in [6.45, 7) is 0.374. The van der Waals surface area contributed by atoms with Gasteiger partial charge < -0.3 is 16.4 Å². The molecule has 0 aliphatic carbocycles. The fourth-order valence-electron chi connectivity index (χ4n) is 1.76. The third kappa shape index (κ3) is 1.90. The molecule has 0 radical (unpaired) electrons. The van der Waals surface area contributed by atoms with Crippen molar-refractivity contribution in [3.63, 3.8) is 0 Å². The molecule has 1 atom stereocenters. The summed E-state index contributed by atoms with van der Waals surface area (Å²) in [6, 6.07) is 2.30. The first-order valence-corrected chi connectivity index (χ1v) is 5.59. The minimum absolute atomic E-state index is 0.128. The third-order valence-corrected chi connectivity index (χ3v) is 3.17. The average Bonchev–Trinajstić information content (AvgIpc) is 2.51. The van der Waals surface area contributed by atoms with E-state index in [4.69, 9.17) is 11.5 Å². The number of hydrogen-bond donors (Lipinski definition) is 2. The van der Waals surface area contributed by atoms with E-state index in [0.29, 0.717) is 22.4 Å². The molecular weight excluding hydrogens is 277 g/mol. The zero-order valence-corrected chi connectivity index (χ0v) is 10.00. The lowest BCUT2D eigenvalue weighted by atomic mass is 10.2. The van der Waals surface area contributed by atoms with Crippen molar-refractivity contribution in [2.45, 2.75) is 12.5 Å². The van der Waals surface area contributed by atoms with E-state index >= 15 is 0 Å². The Bertz CT molecular complexity index is 452. The van der Waals surface area contributed by atoms with Crippen molar-refractivity contribution >= 4 is 33.2 Å². The molecule has 1 heterocycles. The van der Waals surface area contributed by atoms with Gasteiger partial charge in [-0.05, 0) is 28.1 Å². The number of rotatable bonds is 1. The molecule has 0 aromatic heterocycles. The Hall–Kier alpha value is -1.14. The molecule has 1 saturated heterocycles. The summed E-state index contributed by atoms with van der Waals surface area (Å²) >= 11 is 3.14.